The second-order valence-corrected chi connectivity index (χ2v) is 8.44. The number of rotatable bonds is 9. The van der Waals surface area contributed by atoms with Gasteiger partial charge in [0.05, 0.1) is 12.2 Å². The molecule has 0 atom stereocenters. The fourth-order valence-electron chi connectivity index (χ4n) is 3.72. The van der Waals surface area contributed by atoms with E-state index in [1.165, 1.54) is 22.2 Å². The Balaban J connectivity index is 0.00000121. The van der Waals surface area contributed by atoms with Gasteiger partial charge in [0.1, 0.15) is 11.4 Å². The van der Waals surface area contributed by atoms with E-state index < -0.39 is 0 Å². The minimum Gasteiger partial charge on any atom is -0.388 e. The number of hydrogen-bond acceptors (Lipinski definition) is 9. The van der Waals surface area contributed by atoms with Gasteiger partial charge in [-0.25, -0.2) is 4.98 Å². The zero-order valence-electron chi connectivity index (χ0n) is 21.7. The van der Waals surface area contributed by atoms with E-state index in [1.807, 2.05) is 19.1 Å². The summed E-state index contributed by atoms with van der Waals surface area (Å²) >= 11 is 0. The van der Waals surface area contributed by atoms with Crippen LogP contribution in [-0.4, -0.2) is 66.5 Å². The molecule has 1 aliphatic heterocycles. The van der Waals surface area contributed by atoms with Crippen LogP contribution in [0.4, 0.5) is 23.1 Å². The Labute approximate surface area is 217 Å². The maximum atomic E-state index is 12.6. The fraction of sp³-hybridized carbons (Fsp3) is 0.346. The molecule has 1 aliphatic rings. The molecule has 11 nitrogen and oxygen atoms in total. The monoisotopic (exact) mass is 506 g/mol. The Morgan fingerprint density at radius 3 is 2.68 bits per heavy atom. The number of fused-ring (bicyclic) bond motifs is 1. The van der Waals surface area contributed by atoms with Gasteiger partial charge in [-0.1, -0.05) is 6.07 Å². The quantitative estimate of drug-likeness (QED) is 0.323. The summed E-state index contributed by atoms with van der Waals surface area (Å²) in [5.74, 6) is 0.471. The third-order valence-corrected chi connectivity index (χ3v) is 5.39. The van der Waals surface area contributed by atoms with Gasteiger partial charge in [0, 0.05) is 58.1 Å². The van der Waals surface area contributed by atoms with Crippen molar-refractivity contribution in [3.8, 4) is 0 Å². The number of carbonyl (C=O) groups is 2. The van der Waals surface area contributed by atoms with Crippen molar-refractivity contribution in [3.05, 3.63) is 65.1 Å². The van der Waals surface area contributed by atoms with Gasteiger partial charge in [-0.2, -0.15) is 4.98 Å². The zero-order valence-corrected chi connectivity index (χ0v) is 21.7. The van der Waals surface area contributed by atoms with E-state index in [0.717, 1.165) is 31.6 Å². The molecular weight excluding hydrogens is 472 g/mol. The molecule has 196 valence electrons. The van der Waals surface area contributed by atoms with Crippen molar-refractivity contribution in [2.24, 2.45) is 0 Å². The molecule has 0 bridgehead atoms. The summed E-state index contributed by atoms with van der Waals surface area (Å²) in [6, 6.07) is 9.80. The lowest BCUT2D eigenvalue weighted by Crippen LogP contribution is -2.24. The fourth-order valence-corrected chi connectivity index (χ4v) is 3.72. The zero-order chi connectivity index (χ0) is 26.6. The first-order valence-corrected chi connectivity index (χ1v) is 12.0. The van der Waals surface area contributed by atoms with Gasteiger partial charge in [0.2, 0.25) is 12.4 Å². The minimum absolute atomic E-state index is 0.271. The Morgan fingerprint density at radius 1 is 1.14 bits per heavy atom. The summed E-state index contributed by atoms with van der Waals surface area (Å²) in [6.07, 6.45) is 4.87. The van der Waals surface area contributed by atoms with Crippen molar-refractivity contribution >= 4 is 35.5 Å². The average molecular weight is 507 g/mol. The normalized spacial score (nSPS) is 11.9. The molecule has 2 aromatic heterocycles. The van der Waals surface area contributed by atoms with E-state index in [0.29, 0.717) is 41.8 Å². The van der Waals surface area contributed by atoms with Gasteiger partial charge >= 0.3 is 0 Å². The van der Waals surface area contributed by atoms with E-state index in [4.69, 9.17) is 0 Å². The molecule has 11 heteroatoms. The number of anilines is 4. The molecule has 3 heterocycles. The summed E-state index contributed by atoms with van der Waals surface area (Å²) in [5.41, 5.74) is 5.20. The first-order chi connectivity index (χ1) is 18.0. The molecule has 3 aromatic rings. The number of ether oxygens (including phenoxy) is 1. The highest BCUT2D eigenvalue weighted by atomic mass is 16.4. The molecule has 0 unspecified atom stereocenters. The maximum absolute atomic E-state index is 12.6. The van der Waals surface area contributed by atoms with Crippen molar-refractivity contribution in [1.29, 1.82) is 0 Å². The summed E-state index contributed by atoms with van der Waals surface area (Å²) in [6.45, 7) is 4.54. The maximum Gasteiger partial charge on any atom is 0.256 e. The lowest BCUT2D eigenvalue weighted by Gasteiger charge is -2.18. The van der Waals surface area contributed by atoms with Gasteiger partial charge in [0.25, 0.3) is 5.91 Å². The Morgan fingerprint density at radius 2 is 1.92 bits per heavy atom. The van der Waals surface area contributed by atoms with Gasteiger partial charge in [-0.3, -0.25) is 14.6 Å². The molecule has 0 radical (unpaired) electrons. The van der Waals surface area contributed by atoms with Gasteiger partial charge in [0.15, 0.2) is 0 Å². The SMILES string of the molecule is CCNC(=O)c1cnc(Nc2ccc3c(c2)CCNC3)nc1Nc1ccnc(CN(C)C=O)c1.COC. The third kappa shape index (κ3) is 7.95. The molecule has 0 saturated carbocycles. The van der Waals surface area contributed by atoms with Crippen LogP contribution in [-0.2, 0) is 29.0 Å². The Bertz CT molecular complexity index is 1200. The number of hydrogen-bond donors (Lipinski definition) is 4. The van der Waals surface area contributed by atoms with Crippen LogP contribution in [0.25, 0.3) is 0 Å². The van der Waals surface area contributed by atoms with Crippen LogP contribution in [0.1, 0.15) is 34.1 Å². The topological polar surface area (TPSA) is 133 Å². The van der Waals surface area contributed by atoms with E-state index in [-0.39, 0.29) is 5.91 Å². The van der Waals surface area contributed by atoms with Gasteiger partial charge < -0.3 is 30.9 Å². The van der Waals surface area contributed by atoms with Crippen LogP contribution in [0.2, 0.25) is 0 Å². The smallest absolute Gasteiger partial charge is 0.256 e. The molecular formula is C26H34N8O3. The van der Waals surface area contributed by atoms with Crippen LogP contribution < -0.4 is 21.3 Å². The number of pyridine rings is 1. The van der Waals surface area contributed by atoms with Crippen molar-refractivity contribution in [1.82, 2.24) is 30.5 Å². The molecule has 0 aliphatic carbocycles. The van der Waals surface area contributed by atoms with Crippen LogP contribution in [0.5, 0.6) is 0 Å². The Kier molecular flexibility index (Phi) is 10.3. The molecule has 0 spiro atoms. The van der Waals surface area contributed by atoms with Crippen molar-refractivity contribution < 1.29 is 14.3 Å². The predicted octanol–water partition coefficient (Wildman–Crippen LogP) is 2.61. The standard InChI is InChI=1S/C24H28N8O2.C2H6O/c1-3-26-23(34)21-13-28-24(30-18-5-4-17-12-25-8-6-16(17)10-18)31-22(21)29-19-7-9-27-20(11-19)14-32(2)15-33;1-3-2/h4-5,7,9-11,13,15,25H,3,6,8,12,14H2,1-2H3,(H,26,34)(H2,27,28,29,30,31);1-2H3. The number of benzene rings is 1. The number of nitrogens with one attached hydrogen (secondary N) is 4. The lowest BCUT2D eigenvalue weighted by atomic mass is 10.0. The lowest BCUT2D eigenvalue weighted by molar-refractivity contribution is -0.117. The summed E-state index contributed by atoms with van der Waals surface area (Å²) < 4.78 is 4.25. The molecule has 2 amide bonds. The first-order valence-electron chi connectivity index (χ1n) is 12.0. The van der Waals surface area contributed by atoms with Crippen molar-refractivity contribution in [2.45, 2.75) is 26.4 Å². The van der Waals surface area contributed by atoms with Crippen LogP contribution in [0, 0.1) is 0 Å². The third-order valence-electron chi connectivity index (χ3n) is 5.39. The molecule has 4 rings (SSSR count). The minimum atomic E-state index is -0.271. The molecule has 0 fully saturated rings. The highest BCUT2D eigenvalue weighted by Gasteiger charge is 2.16. The number of nitrogens with zero attached hydrogens (tertiary/aromatic N) is 4. The number of aromatic nitrogens is 3. The Hall–Kier alpha value is -4.09. The van der Waals surface area contributed by atoms with Crippen LogP contribution in [0.3, 0.4) is 0 Å². The van der Waals surface area contributed by atoms with Crippen molar-refractivity contribution in [2.75, 3.05) is 45.0 Å². The van der Waals surface area contributed by atoms with E-state index in [2.05, 4.69) is 53.1 Å². The average Bonchev–Trinajstić information content (AvgIpc) is 2.89. The molecule has 37 heavy (non-hydrogen) atoms. The summed E-state index contributed by atoms with van der Waals surface area (Å²) in [4.78, 5) is 38.3. The largest absolute Gasteiger partial charge is 0.388 e. The highest BCUT2D eigenvalue weighted by molar-refractivity contribution is 5.99. The van der Waals surface area contributed by atoms with E-state index in [1.54, 1.807) is 33.5 Å². The number of methoxy groups -OCH3 is 1. The van der Waals surface area contributed by atoms with Crippen molar-refractivity contribution in [3.63, 3.8) is 0 Å². The summed E-state index contributed by atoms with van der Waals surface area (Å²) in [5, 5.41) is 12.6. The van der Waals surface area contributed by atoms with Gasteiger partial charge in [-0.05, 0) is 55.3 Å². The highest BCUT2D eigenvalue weighted by Crippen LogP contribution is 2.24. The molecule has 1 aromatic carbocycles. The first kappa shape index (κ1) is 27.5. The van der Waals surface area contributed by atoms with E-state index >= 15 is 0 Å². The van der Waals surface area contributed by atoms with Crippen LogP contribution >= 0.6 is 0 Å². The predicted molar refractivity (Wildman–Crippen MR) is 143 cm³/mol. The van der Waals surface area contributed by atoms with Crippen LogP contribution in [0.15, 0.2) is 42.7 Å². The second kappa shape index (κ2) is 13.9. The van der Waals surface area contributed by atoms with E-state index in [9.17, 15) is 9.59 Å². The number of amides is 2. The number of carbonyl (C=O) groups excluding carboxylic acids is 2. The molecule has 0 saturated heterocycles. The summed E-state index contributed by atoms with van der Waals surface area (Å²) in [7, 11) is 4.93. The van der Waals surface area contributed by atoms with Gasteiger partial charge in [-0.15, -0.1) is 0 Å². The second-order valence-electron chi connectivity index (χ2n) is 8.44. The molecule has 4 N–H and O–H groups in total.